The van der Waals surface area contributed by atoms with Crippen LogP contribution < -0.4 is 5.32 Å². The van der Waals surface area contributed by atoms with E-state index < -0.39 is 0 Å². The Hall–Kier alpha value is -1.26. The molecule has 1 heterocycles. The molecule has 0 bridgehead atoms. The quantitative estimate of drug-likeness (QED) is 0.864. The maximum absolute atomic E-state index is 13.4. The minimum absolute atomic E-state index is 0.155. The molecule has 0 radical (unpaired) electrons. The molecule has 2 unspecified atom stereocenters. The summed E-state index contributed by atoms with van der Waals surface area (Å²) < 4.78 is 13.4. The molecular formula is C16H21FN2S. The zero-order chi connectivity index (χ0) is 14.7. The molecule has 2 aromatic rings. The van der Waals surface area contributed by atoms with Crippen LogP contribution in [0.2, 0.25) is 0 Å². The van der Waals surface area contributed by atoms with Crippen LogP contribution in [-0.4, -0.2) is 4.98 Å². The molecule has 1 aromatic carbocycles. The van der Waals surface area contributed by atoms with Crippen LogP contribution in [0.25, 0.3) is 0 Å². The summed E-state index contributed by atoms with van der Waals surface area (Å²) in [7, 11) is 0. The van der Waals surface area contributed by atoms with Crippen molar-refractivity contribution in [3.05, 3.63) is 51.2 Å². The Bertz CT molecular complexity index is 580. The highest BCUT2D eigenvalue weighted by Gasteiger charge is 2.17. The number of halogens is 1. The number of rotatable bonds is 5. The van der Waals surface area contributed by atoms with Crippen LogP contribution in [0.3, 0.4) is 0 Å². The van der Waals surface area contributed by atoms with Gasteiger partial charge in [-0.1, -0.05) is 19.1 Å². The van der Waals surface area contributed by atoms with Gasteiger partial charge in [0.1, 0.15) is 5.82 Å². The van der Waals surface area contributed by atoms with Crippen molar-refractivity contribution in [1.29, 1.82) is 0 Å². The van der Waals surface area contributed by atoms with Gasteiger partial charge in [0.05, 0.1) is 10.7 Å². The zero-order valence-corrected chi connectivity index (χ0v) is 13.2. The third-order valence-corrected chi connectivity index (χ3v) is 4.70. The summed E-state index contributed by atoms with van der Waals surface area (Å²) >= 11 is 1.73. The molecule has 2 nitrogen and oxygen atoms in total. The first-order valence-electron chi connectivity index (χ1n) is 6.96. The molecule has 0 amide bonds. The van der Waals surface area contributed by atoms with Crippen LogP contribution in [0, 0.1) is 19.7 Å². The minimum Gasteiger partial charge on any atom is -0.303 e. The number of aromatic nitrogens is 1. The van der Waals surface area contributed by atoms with E-state index in [9.17, 15) is 4.39 Å². The average molecular weight is 292 g/mol. The molecule has 0 aliphatic carbocycles. The normalized spacial score (nSPS) is 14.2. The molecule has 0 spiro atoms. The molecule has 108 valence electrons. The Morgan fingerprint density at radius 2 is 2.10 bits per heavy atom. The maximum Gasteiger partial charge on any atom is 0.123 e. The summed E-state index contributed by atoms with van der Waals surface area (Å²) in [6.07, 6.45) is 0.921. The molecule has 0 saturated heterocycles. The van der Waals surface area contributed by atoms with Gasteiger partial charge in [0.15, 0.2) is 0 Å². The van der Waals surface area contributed by atoms with Crippen LogP contribution in [0.1, 0.15) is 53.5 Å². The fourth-order valence-corrected chi connectivity index (χ4v) is 3.44. The monoisotopic (exact) mass is 292 g/mol. The van der Waals surface area contributed by atoms with E-state index in [2.05, 4.69) is 24.1 Å². The molecule has 0 aliphatic heterocycles. The first kappa shape index (κ1) is 15.1. The number of nitrogens with zero attached hydrogens (tertiary/aromatic N) is 1. The first-order chi connectivity index (χ1) is 9.51. The van der Waals surface area contributed by atoms with Crippen molar-refractivity contribution in [2.24, 2.45) is 0 Å². The Balaban J connectivity index is 2.16. The van der Waals surface area contributed by atoms with Gasteiger partial charge in [0.2, 0.25) is 0 Å². The van der Waals surface area contributed by atoms with E-state index in [4.69, 9.17) is 0 Å². The summed E-state index contributed by atoms with van der Waals surface area (Å²) in [5.74, 6) is -0.180. The van der Waals surface area contributed by atoms with E-state index in [1.54, 1.807) is 23.5 Å². The number of aryl methyl sites for hydroxylation is 2. The highest BCUT2D eigenvalue weighted by molar-refractivity contribution is 7.11. The van der Waals surface area contributed by atoms with Crippen molar-refractivity contribution in [3.8, 4) is 0 Å². The average Bonchev–Trinajstić information content (AvgIpc) is 2.75. The largest absolute Gasteiger partial charge is 0.303 e. The fraction of sp³-hybridized carbons (Fsp3) is 0.438. The van der Waals surface area contributed by atoms with Gasteiger partial charge in [-0.05, 0) is 44.9 Å². The predicted molar refractivity (Wildman–Crippen MR) is 82.6 cm³/mol. The number of hydrogen-bond acceptors (Lipinski definition) is 3. The smallest absolute Gasteiger partial charge is 0.123 e. The lowest BCUT2D eigenvalue weighted by atomic mass is 10.0. The van der Waals surface area contributed by atoms with Gasteiger partial charge in [0.25, 0.3) is 0 Å². The summed E-state index contributed by atoms with van der Waals surface area (Å²) in [5, 5.41) is 4.67. The SMILES string of the molecule is CCC(NC(C)c1sc(C)nc1C)c1cccc(F)c1. The molecular weight excluding hydrogens is 271 g/mol. The van der Waals surface area contributed by atoms with Crippen molar-refractivity contribution in [2.75, 3.05) is 0 Å². The second kappa shape index (κ2) is 6.46. The van der Waals surface area contributed by atoms with Crippen molar-refractivity contribution in [2.45, 2.75) is 46.2 Å². The summed E-state index contributed by atoms with van der Waals surface area (Å²) in [5.41, 5.74) is 2.08. The Morgan fingerprint density at radius 3 is 2.65 bits per heavy atom. The second-order valence-corrected chi connectivity index (χ2v) is 6.32. The number of hydrogen-bond donors (Lipinski definition) is 1. The number of nitrogens with one attached hydrogen (secondary N) is 1. The molecule has 0 fully saturated rings. The van der Waals surface area contributed by atoms with Crippen molar-refractivity contribution in [3.63, 3.8) is 0 Å². The standard InChI is InChI=1S/C16H21FN2S/c1-5-15(13-7-6-8-14(17)9-13)19-11(3)16-10(2)18-12(4)20-16/h6-9,11,15,19H,5H2,1-4H3. The van der Waals surface area contributed by atoms with Gasteiger partial charge in [-0.2, -0.15) is 0 Å². The number of benzene rings is 1. The van der Waals surface area contributed by atoms with Crippen LogP contribution >= 0.6 is 11.3 Å². The van der Waals surface area contributed by atoms with Gasteiger partial charge in [0, 0.05) is 17.0 Å². The summed E-state index contributed by atoms with van der Waals surface area (Å²) in [6, 6.07) is 7.20. The van der Waals surface area contributed by atoms with E-state index in [0.29, 0.717) is 0 Å². The van der Waals surface area contributed by atoms with Crippen LogP contribution in [0.5, 0.6) is 0 Å². The third-order valence-electron chi connectivity index (χ3n) is 3.44. The highest BCUT2D eigenvalue weighted by Crippen LogP contribution is 2.28. The fourth-order valence-electron chi connectivity index (χ4n) is 2.50. The second-order valence-electron chi connectivity index (χ2n) is 5.09. The Kier molecular flexibility index (Phi) is 4.89. The van der Waals surface area contributed by atoms with Crippen molar-refractivity contribution in [1.82, 2.24) is 10.3 Å². The van der Waals surface area contributed by atoms with E-state index in [1.165, 1.54) is 10.9 Å². The van der Waals surface area contributed by atoms with E-state index in [-0.39, 0.29) is 17.9 Å². The van der Waals surface area contributed by atoms with Crippen LogP contribution in [0.15, 0.2) is 24.3 Å². The Labute approximate surface area is 124 Å². The third kappa shape index (κ3) is 3.44. The van der Waals surface area contributed by atoms with Gasteiger partial charge in [-0.3, -0.25) is 0 Å². The van der Waals surface area contributed by atoms with E-state index in [0.717, 1.165) is 22.7 Å². The maximum atomic E-state index is 13.4. The molecule has 0 saturated carbocycles. The van der Waals surface area contributed by atoms with Crippen molar-refractivity contribution < 1.29 is 4.39 Å². The van der Waals surface area contributed by atoms with Gasteiger partial charge in [-0.15, -0.1) is 11.3 Å². The lowest BCUT2D eigenvalue weighted by molar-refractivity contribution is 0.457. The van der Waals surface area contributed by atoms with Gasteiger partial charge < -0.3 is 5.32 Å². The lowest BCUT2D eigenvalue weighted by Gasteiger charge is -2.22. The summed E-state index contributed by atoms with van der Waals surface area (Å²) in [4.78, 5) is 5.73. The highest BCUT2D eigenvalue weighted by atomic mass is 32.1. The predicted octanol–water partition coefficient (Wildman–Crippen LogP) is 4.70. The molecule has 1 aromatic heterocycles. The zero-order valence-electron chi connectivity index (χ0n) is 12.4. The first-order valence-corrected chi connectivity index (χ1v) is 7.78. The topological polar surface area (TPSA) is 24.9 Å². The van der Waals surface area contributed by atoms with Crippen molar-refractivity contribution >= 4 is 11.3 Å². The molecule has 2 atom stereocenters. The van der Waals surface area contributed by atoms with Gasteiger partial charge >= 0.3 is 0 Å². The Morgan fingerprint density at radius 1 is 1.35 bits per heavy atom. The molecule has 1 N–H and O–H groups in total. The number of thiazole rings is 1. The molecule has 0 aliphatic rings. The minimum atomic E-state index is -0.180. The van der Waals surface area contributed by atoms with E-state index >= 15 is 0 Å². The molecule has 20 heavy (non-hydrogen) atoms. The molecule has 4 heteroatoms. The summed E-state index contributed by atoms with van der Waals surface area (Å²) in [6.45, 7) is 8.32. The van der Waals surface area contributed by atoms with Gasteiger partial charge in [-0.25, -0.2) is 9.37 Å². The van der Waals surface area contributed by atoms with Crippen LogP contribution in [0.4, 0.5) is 4.39 Å². The lowest BCUT2D eigenvalue weighted by Crippen LogP contribution is -2.24. The van der Waals surface area contributed by atoms with E-state index in [1.807, 2.05) is 19.9 Å². The molecule has 2 rings (SSSR count). The van der Waals surface area contributed by atoms with Crippen LogP contribution in [-0.2, 0) is 0 Å².